The summed E-state index contributed by atoms with van der Waals surface area (Å²) in [6.07, 6.45) is -5.26. The van der Waals surface area contributed by atoms with Crippen LogP contribution in [-0.4, -0.2) is 50.9 Å². The summed E-state index contributed by atoms with van der Waals surface area (Å²) >= 11 is 0. The Labute approximate surface area is 158 Å². The minimum Gasteiger partial charge on any atom is -0.353 e. The van der Waals surface area contributed by atoms with Crippen LogP contribution in [0.1, 0.15) is 29.8 Å². The second kappa shape index (κ2) is 7.70. The second-order valence-electron chi connectivity index (χ2n) is 6.58. The summed E-state index contributed by atoms with van der Waals surface area (Å²) in [6.45, 7) is 2.98. The van der Waals surface area contributed by atoms with Crippen LogP contribution in [0.4, 0.5) is 23.4 Å². The first-order valence-corrected chi connectivity index (χ1v) is 8.86. The number of rotatable bonds is 5. The third kappa shape index (κ3) is 3.64. The molecular weight excluding hydrogens is 376 g/mol. The van der Waals surface area contributed by atoms with Crippen LogP contribution < -0.4 is 4.90 Å². The first kappa shape index (κ1) is 18.6. The molecule has 0 N–H and O–H groups in total. The van der Waals surface area contributed by atoms with E-state index in [1.807, 2.05) is 4.90 Å². The molecule has 6 nitrogen and oxygen atoms in total. The summed E-state index contributed by atoms with van der Waals surface area (Å²) in [6, 6.07) is 9.88. The Morgan fingerprint density at radius 1 is 0.857 bits per heavy atom. The lowest BCUT2D eigenvalue weighted by Crippen LogP contribution is -2.46. The number of benzene rings is 1. The predicted octanol–water partition coefficient (Wildman–Crippen LogP) is 3.32. The number of nitrogens with zero attached hydrogens (tertiary/aromatic N) is 6. The average Bonchev–Trinajstić information content (AvgIpc) is 3.12. The largest absolute Gasteiger partial charge is 0.353 e. The Bertz CT molecular complexity index is 952. The Hall–Kier alpha value is -2.75. The van der Waals surface area contributed by atoms with E-state index >= 15 is 0 Å². The molecule has 0 atom stereocenters. The van der Waals surface area contributed by atoms with Gasteiger partial charge in [-0.1, -0.05) is 24.3 Å². The van der Waals surface area contributed by atoms with Crippen molar-refractivity contribution < 1.29 is 17.6 Å². The second-order valence-corrected chi connectivity index (χ2v) is 6.58. The zero-order valence-corrected chi connectivity index (χ0v) is 14.8. The molecule has 28 heavy (non-hydrogen) atoms. The van der Waals surface area contributed by atoms with E-state index in [1.54, 1.807) is 30.3 Å². The van der Waals surface area contributed by atoms with E-state index in [2.05, 4.69) is 20.2 Å². The van der Waals surface area contributed by atoms with Gasteiger partial charge in [0.1, 0.15) is 5.82 Å². The van der Waals surface area contributed by atoms with E-state index in [0.717, 1.165) is 4.52 Å². The number of alkyl halides is 4. The molecule has 10 heteroatoms. The van der Waals surface area contributed by atoms with Crippen molar-refractivity contribution in [2.24, 2.45) is 0 Å². The van der Waals surface area contributed by atoms with E-state index < -0.39 is 18.7 Å². The van der Waals surface area contributed by atoms with Crippen molar-refractivity contribution in [2.75, 3.05) is 31.1 Å². The minimum absolute atomic E-state index is 0.0594. The first-order chi connectivity index (χ1) is 13.5. The Balaban J connectivity index is 1.45. The topological polar surface area (TPSA) is 49.6 Å². The lowest BCUT2D eigenvalue weighted by molar-refractivity contribution is 0.137. The van der Waals surface area contributed by atoms with Gasteiger partial charge in [0, 0.05) is 38.3 Å². The van der Waals surface area contributed by atoms with Gasteiger partial charge in [-0.05, 0) is 17.7 Å². The third-order valence-corrected chi connectivity index (χ3v) is 4.85. The number of fused-ring (bicyclic) bond motifs is 1. The summed E-state index contributed by atoms with van der Waals surface area (Å²) in [7, 11) is 0. The maximum Gasteiger partial charge on any atom is 0.299 e. The van der Waals surface area contributed by atoms with Crippen LogP contribution in [-0.2, 0) is 6.54 Å². The lowest BCUT2D eigenvalue weighted by Gasteiger charge is -2.35. The summed E-state index contributed by atoms with van der Waals surface area (Å²) in [5, 5.41) is 11.4. The lowest BCUT2D eigenvalue weighted by atomic mass is 10.1. The van der Waals surface area contributed by atoms with Crippen LogP contribution in [0.5, 0.6) is 0 Å². The molecule has 1 fully saturated rings. The molecule has 1 aliphatic rings. The number of anilines is 1. The molecule has 4 rings (SSSR count). The number of hydrogen-bond acceptors (Lipinski definition) is 5. The van der Waals surface area contributed by atoms with Gasteiger partial charge in [-0.2, -0.15) is 4.52 Å². The van der Waals surface area contributed by atoms with Crippen molar-refractivity contribution in [1.29, 1.82) is 0 Å². The van der Waals surface area contributed by atoms with Gasteiger partial charge >= 0.3 is 0 Å². The van der Waals surface area contributed by atoms with Gasteiger partial charge < -0.3 is 4.90 Å². The molecule has 148 valence electrons. The molecule has 1 saturated heterocycles. The maximum atomic E-state index is 13.2. The number of aromatic nitrogens is 4. The highest BCUT2D eigenvalue weighted by Gasteiger charge is 2.22. The normalized spacial score (nSPS) is 15.9. The predicted molar refractivity (Wildman–Crippen MR) is 94.6 cm³/mol. The Morgan fingerprint density at radius 2 is 1.61 bits per heavy atom. The van der Waals surface area contributed by atoms with E-state index in [9.17, 15) is 17.6 Å². The van der Waals surface area contributed by atoms with Gasteiger partial charge in [-0.3, -0.25) is 4.90 Å². The Kier molecular flexibility index (Phi) is 5.12. The highest BCUT2D eigenvalue weighted by molar-refractivity contribution is 5.46. The molecule has 3 heterocycles. The smallest absolute Gasteiger partial charge is 0.299 e. The molecule has 0 aliphatic carbocycles. The molecule has 1 aliphatic heterocycles. The molecule has 0 radical (unpaired) electrons. The van der Waals surface area contributed by atoms with Crippen molar-refractivity contribution in [3.05, 3.63) is 53.3 Å². The van der Waals surface area contributed by atoms with E-state index in [-0.39, 0.29) is 11.2 Å². The minimum atomic E-state index is -2.76. The van der Waals surface area contributed by atoms with Crippen LogP contribution in [0.3, 0.4) is 0 Å². The van der Waals surface area contributed by atoms with Gasteiger partial charge in [0.25, 0.3) is 12.9 Å². The molecule has 0 bridgehead atoms. The van der Waals surface area contributed by atoms with Gasteiger partial charge in [-0.25, -0.2) is 17.6 Å². The molecule has 0 unspecified atom stereocenters. The van der Waals surface area contributed by atoms with Crippen LogP contribution in [0.25, 0.3) is 5.65 Å². The Morgan fingerprint density at radius 3 is 2.32 bits per heavy atom. The molecule has 0 spiro atoms. The SMILES string of the molecule is FC(F)c1ccccc1CN1CCN(c2ccc3nnc(C(F)F)n3n2)CC1. The van der Waals surface area contributed by atoms with Crippen LogP contribution in [0.2, 0.25) is 0 Å². The van der Waals surface area contributed by atoms with Crippen LogP contribution in [0, 0.1) is 0 Å². The number of piperazine rings is 1. The molecule has 3 aromatic rings. The number of hydrogen-bond donors (Lipinski definition) is 0. The highest BCUT2D eigenvalue weighted by Crippen LogP contribution is 2.25. The van der Waals surface area contributed by atoms with Crippen molar-refractivity contribution in [3.8, 4) is 0 Å². The van der Waals surface area contributed by atoms with Gasteiger partial charge in [-0.15, -0.1) is 15.3 Å². The zero-order valence-electron chi connectivity index (χ0n) is 14.8. The quantitative estimate of drug-likeness (QED) is 0.622. The van der Waals surface area contributed by atoms with E-state index in [4.69, 9.17) is 0 Å². The molecule has 0 amide bonds. The summed E-state index contributed by atoms with van der Waals surface area (Å²) in [5.74, 6) is 0.0703. The van der Waals surface area contributed by atoms with E-state index in [0.29, 0.717) is 44.1 Å². The standard InChI is InChI=1S/C18H18F4N6/c19-16(20)13-4-2-1-3-12(13)11-26-7-9-27(10-8-26)15-6-5-14-23-24-18(17(21)22)28(14)25-15/h1-6,16-17H,7-11H2. The molecular formula is C18H18F4N6. The van der Waals surface area contributed by atoms with Gasteiger partial charge in [0.15, 0.2) is 5.65 Å². The van der Waals surface area contributed by atoms with Crippen molar-refractivity contribution >= 4 is 11.5 Å². The molecule has 1 aromatic carbocycles. The average molecular weight is 394 g/mol. The van der Waals surface area contributed by atoms with Crippen molar-refractivity contribution in [2.45, 2.75) is 19.4 Å². The summed E-state index contributed by atoms with van der Waals surface area (Å²) in [5.41, 5.74) is 0.946. The van der Waals surface area contributed by atoms with Gasteiger partial charge in [0.05, 0.1) is 0 Å². The molecule has 0 saturated carbocycles. The van der Waals surface area contributed by atoms with Crippen molar-refractivity contribution in [3.63, 3.8) is 0 Å². The number of halogens is 4. The highest BCUT2D eigenvalue weighted by atomic mass is 19.3. The first-order valence-electron chi connectivity index (χ1n) is 8.86. The zero-order chi connectivity index (χ0) is 19.7. The van der Waals surface area contributed by atoms with Crippen LogP contribution in [0.15, 0.2) is 36.4 Å². The fourth-order valence-electron chi connectivity index (χ4n) is 3.37. The fraction of sp³-hybridized carbons (Fsp3) is 0.389. The van der Waals surface area contributed by atoms with Gasteiger partial charge in [0.2, 0.25) is 5.82 Å². The summed E-state index contributed by atoms with van der Waals surface area (Å²) in [4.78, 5) is 4.07. The van der Waals surface area contributed by atoms with E-state index in [1.165, 1.54) is 6.07 Å². The van der Waals surface area contributed by atoms with Crippen LogP contribution >= 0.6 is 0 Å². The van der Waals surface area contributed by atoms with Crippen molar-refractivity contribution in [1.82, 2.24) is 24.7 Å². The monoisotopic (exact) mass is 394 g/mol. The maximum absolute atomic E-state index is 13.2. The summed E-state index contributed by atoms with van der Waals surface area (Å²) < 4.78 is 53.4. The fourth-order valence-corrected chi connectivity index (χ4v) is 3.37. The third-order valence-electron chi connectivity index (χ3n) is 4.85. The molecule has 2 aromatic heterocycles.